The molecule has 0 N–H and O–H groups in total. The lowest BCUT2D eigenvalue weighted by Gasteiger charge is -2.11. The van der Waals surface area contributed by atoms with Crippen molar-refractivity contribution in [1.82, 2.24) is 4.57 Å². The summed E-state index contributed by atoms with van der Waals surface area (Å²) in [6.07, 6.45) is -4.32. The topological polar surface area (TPSA) is 4.93 Å². The number of nitrogens with zero attached hydrogens (tertiary/aromatic N) is 1. The second-order valence-electron chi connectivity index (χ2n) is 5.20. The van der Waals surface area contributed by atoms with Gasteiger partial charge in [-0.2, -0.15) is 13.2 Å². The number of alkyl halides is 3. The molecule has 0 aliphatic rings. The molecule has 0 unspecified atom stereocenters. The molecule has 0 saturated carbocycles. The molecule has 2 aromatic carbocycles. The number of para-hydroxylation sites is 1. The minimum absolute atomic E-state index is 0.405. The van der Waals surface area contributed by atoms with Crippen molar-refractivity contribution in [2.75, 3.05) is 0 Å². The van der Waals surface area contributed by atoms with Crippen LogP contribution in [0.1, 0.15) is 16.8 Å². The van der Waals surface area contributed by atoms with Crippen LogP contribution < -0.4 is 0 Å². The number of halogens is 4. The number of hydrogen-bond donors (Lipinski definition) is 0. The van der Waals surface area contributed by atoms with Crippen LogP contribution in [0.2, 0.25) is 0 Å². The summed E-state index contributed by atoms with van der Waals surface area (Å²) in [4.78, 5) is 0. The van der Waals surface area contributed by atoms with Crippen molar-refractivity contribution in [2.24, 2.45) is 0 Å². The number of aromatic nitrogens is 1. The summed E-state index contributed by atoms with van der Waals surface area (Å²) < 4.78 is 41.5. The number of rotatable bonds is 2. The van der Waals surface area contributed by atoms with Gasteiger partial charge in [0.2, 0.25) is 0 Å². The van der Waals surface area contributed by atoms with Gasteiger partial charge in [-0.3, -0.25) is 0 Å². The largest absolute Gasteiger partial charge is 0.416 e. The molecule has 0 bridgehead atoms. The standard InChI is InChI=1S/C17H13BrF3N/c1-11-16(18)14-7-2-3-8-15(14)22(11)10-12-5-4-6-13(9-12)17(19,20)21/h2-9H,10H2,1H3. The summed E-state index contributed by atoms with van der Waals surface area (Å²) in [5.41, 5.74) is 2.02. The van der Waals surface area contributed by atoms with Crippen LogP contribution in [0.25, 0.3) is 10.9 Å². The number of fused-ring (bicyclic) bond motifs is 1. The Kier molecular flexibility index (Phi) is 3.77. The zero-order valence-corrected chi connectivity index (χ0v) is 13.4. The SMILES string of the molecule is Cc1c(Br)c2ccccc2n1Cc1cccc(C(F)(F)F)c1. The highest BCUT2D eigenvalue weighted by Crippen LogP contribution is 2.32. The van der Waals surface area contributed by atoms with E-state index in [0.29, 0.717) is 12.1 Å². The van der Waals surface area contributed by atoms with E-state index in [1.54, 1.807) is 6.07 Å². The van der Waals surface area contributed by atoms with Gasteiger partial charge >= 0.3 is 6.18 Å². The third-order valence-electron chi connectivity index (χ3n) is 3.75. The van der Waals surface area contributed by atoms with Gasteiger partial charge in [0.25, 0.3) is 0 Å². The van der Waals surface area contributed by atoms with E-state index in [9.17, 15) is 13.2 Å². The molecule has 5 heteroatoms. The first-order chi connectivity index (χ1) is 10.4. The van der Waals surface area contributed by atoms with Gasteiger partial charge in [-0.15, -0.1) is 0 Å². The average molecular weight is 368 g/mol. The lowest BCUT2D eigenvalue weighted by atomic mass is 10.1. The van der Waals surface area contributed by atoms with Crippen molar-refractivity contribution in [1.29, 1.82) is 0 Å². The van der Waals surface area contributed by atoms with Crippen LogP contribution in [0.3, 0.4) is 0 Å². The van der Waals surface area contributed by atoms with Crippen LogP contribution in [-0.2, 0) is 12.7 Å². The average Bonchev–Trinajstić information content (AvgIpc) is 2.72. The first kappa shape index (κ1) is 15.2. The molecule has 0 aliphatic carbocycles. The van der Waals surface area contributed by atoms with Crippen molar-refractivity contribution in [3.05, 3.63) is 69.8 Å². The molecule has 3 rings (SSSR count). The highest BCUT2D eigenvalue weighted by atomic mass is 79.9. The Morgan fingerprint density at radius 2 is 1.77 bits per heavy atom. The Bertz CT molecular complexity index is 834. The summed E-state index contributed by atoms with van der Waals surface area (Å²) >= 11 is 3.56. The molecule has 1 aromatic heterocycles. The molecule has 22 heavy (non-hydrogen) atoms. The van der Waals surface area contributed by atoms with Crippen LogP contribution in [0.15, 0.2) is 53.0 Å². The normalized spacial score (nSPS) is 12.0. The zero-order valence-electron chi connectivity index (χ0n) is 11.8. The number of benzene rings is 2. The summed E-state index contributed by atoms with van der Waals surface area (Å²) in [5, 5.41) is 1.06. The van der Waals surface area contributed by atoms with E-state index in [4.69, 9.17) is 0 Å². The molecule has 0 radical (unpaired) electrons. The van der Waals surface area contributed by atoms with E-state index in [1.165, 1.54) is 12.1 Å². The predicted molar refractivity (Wildman–Crippen MR) is 84.9 cm³/mol. The molecule has 0 aliphatic heterocycles. The summed E-state index contributed by atoms with van der Waals surface area (Å²) in [6.45, 7) is 2.36. The van der Waals surface area contributed by atoms with E-state index in [-0.39, 0.29) is 0 Å². The van der Waals surface area contributed by atoms with Gasteiger partial charge in [-0.25, -0.2) is 0 Å². The molecular formula is C17H13BrF3N. The summed E-state index contributed by atoms with van der Waals surface area (Å²) in [5.74, 6) is 0. The second kappa shape index (κ2) is 5.47. The molecule has 114 valence electrons. The third kappa shape index (κ3) is 2.65. The Morgan fingerprint density at radius 3 is 2.50 bits per heavy atom. The van der Waals surface area contributed by atoms with Gasteiger partial charge in [0.15, 0.2) is 0 Å². The molecule has 0 spiro atoms. The van der Waals surface area contributed by atoms with E-state index in [0.717, 1.165) is 27.1 Å². The van der Waals surface area contributed by atoms with Crippen molar-refractivity contribution in [2.45, 2.75) is 19.6 Å². The molecule has 1 nitrogen and oxygen atoms in total. The second-order valence-corrected chi connectivity index (χ2v) is 5.99. The number of hydrogen-bond acceptors (Lipinski definition) is 0. The van der Waals surface area contributed by atoms with Crippen LogP contribution in [0.5, 0.6) is 0 Å². The highest BCUT2D eigenvalue weighted by molar-refractivity contribution is 9.10. The quantitative estimate of drug-likeness (QED) is 0.541. The summed E-state index contributed by atoms with van der Waals surface area (Å²) in [7, 11) is 0. The van der Waals surface area contributed by atoms with Crippen molar-refractivity contribution >= 4 is 26.8 Å². The lowest BCUT2D eigenvalue weighted by molar-refractivity contribution is -0.137. The van der Waals surface area contributed by atoms with Gasteiger partial charge in [-0.1, -0.05) is 30.3 Å². The minimum Gasteiger partial charge on any atom is -0.339 e. The maximum absolute atomic E-state index is 12.8. The summed E-state index contributed by atoms with van der Waals surface area (Å²) in [6, 6.07) is 13.3. The molecule has 0 amide bonds. The smallest absolute Gasteiger partial charge is 0.339 e. The van der Waals surface area contributed by atoms with Gasteiger partial charge in [0, 0.05) is 27.6 Å². The molecule has 3 aromatic rings. The molecule has 1 heterocycles. The first-order valence-corrected chi connectivity index (χ1v) is 7.56. The highest BCUT2D eigenvalue weighted by Gasteiger charge is 2.30. The van der Waals surface area contributed by atoms with Crippen LogP contribution in [-0.4, -0.2) is 4.57 Å². The maximum atomic E-state index is 12.8. The van der Waals surface area contributed by atoms with Gasteiger partial charge in [-0.05, 0) is 46.6 Å². The zero-order chi connectivity index (χ0) is 15.9. The minimum atomic E-state index is -4.32. The molecule has 0 saturated heterocycles. The monoisotopic (exact) mass is 367 g/mol. The van der Waals surface area contributed by atoms with E-state index >= 15 is 0 Å². The fourth-order valence-electron chi connectivity index (χ4n) is 2.62. The van der Waals surface area contributed by atoms with E-state index in [2.05, 4.69) is 15.9 Å². The predicted octanol–water partition coefficient (Wildman–Crippen LogP) is 5.78. The van der Waals surface area contributed by atoms with Gasteiger partial charge in [0.1, 0.15) is 0 Å². The fraction of sp³-hybridized carbons (Fsp3) is 0.176. The van der Waals surface area contributed by atoms with Crippen LogP contribution >= 0.6 is 15.9 Å². The Labute approximate surface area is 134 Å². The van der Waals surface area contributed by atoms with Crippen molar-refractivity contribution in [3.8, 4) is 0 Å². The van der Waals surface area contributed by atoms with E-state index < -0.39 is 11.7 Å². The first-order valence-electron chi connectivity index (χ1n) is 6.77. The van der Waals surface area contributed by atoms with Crippen LogP contribution in [0, 0.1) is 6.92 Å². The Hall–Kier alpha value is -1.75. The van der Waals surface area contributed by atoms with Crippen LogP contribution in [0.4, 0.5) is 13.2 Å². The maximum Gasteiger partial charge on any atom is 0.416 e. The van der Waals surface area contributed by atoms with E-state index in [1.807, 2.05) is 35.8 Å². The lowest BCUT2D eigenvalue weighted by Crippen LogP contribution is -2.07. The molecule has 0 fully saturated rings. The third-order valence-corrected chi connectivity index (χ3v) is 4.75. The van der Waals surface area contributed by atoms with Crippen molar-refractivity contribution in [3.63, 3.8) is 0 Å². The van der Waals surface area contributed by atoms with Gasteiger partial charge in [0.05, 0.1) is 5.56 Å². The van der Waals surface area contributed by atoms with Crippen molar-refractivity contribution < 1.29 is 13.2 Å². The van der Waals surface area contributed by atoms with Gasteiger partial charge < -0.3 is 4.57 Å². The molecular weight excluding hydrogens is 355 g/mol. The molecule has 0 atom stereocenters. The fourth-order valence-corrected chi connectivity index (χ4v) is 3.17. The Balaban J connectivity index is 2.06. The Morgan fingerprint density at radius 1 is 1.05 bits per heavy atom.